The van der Waals surface area contributed by atoms with Gasteiger partial charge in [-0.15, -0.1) is 0 Å². The number of hydrogen-bond acceptors (Lipinski definition) is 3. The van der Waals surface area contributed by atoms with Crippen LogP contribution in [-0.2, 0) is 22.6 Å². The van der Waals surface area contributed by atoms with Crippen molar-refractivity contribution in [3.8, 4) is 5.75 Å². The van der Waals surface area contributed by atoms with Gasteiger partial charge in [0.2, 0.25) is 5.91 Å². The van der Waals surface area contributed by atoms with Crippen molar-refractivity contribution < 1.29 is 18.7 Å². The Labute approximate surface area is 197 Å². The van der Waals surface area contributed by atoms with Gasteiger partial charge in [0.05, 0.1) is 4.47 Å². The van der Waals surface area contributed by atoms with E-state index >= 15 is 0 Å². The summed E-state index contributed by atoms with van der Waals surface area (Å²) in [7, 11) is 0. The molecule has 0 aromatic heterocycles. The van der Waals surface area contributed by atoms with Crippen molar-refractivity contribution in [1.29, 1.82) is 0 Å². The van der Waals surface area contributed by atoms with Crippen molar-refractivity contribution in [1.82, 2.24) is 10.2 Å². The Bertz CT molecular complexity index is 929. The van der Waals surface area contributed by atoms with E-state index in [-0.39, 0.29) is 36.8 Å². The summed E-state index contributed by atoms with van der Waals surface area (Å²) in [6.07, 6.45) is 5.05. The average Bonchev–Trinajstić information content (AvgIpc) is 3.30. The van der Waals surface area contributed by atoms with Crippen molar-refractivity contribution >= 4 is 27.7 Å². The number of hydrogen-bond donors (Lipinski definition) is 1. The van der Waals surface area contributed by atoms with E-state index in [1.807, 2.05) is 18.2 Å². The number of nitrogens with zero attached hydrogens (tertiary/aromatic N) is 1. The first-order valence-corrected chi connectivity index (χ1v) is 11.9. The Morgan fingerprint density at radius 1 is 1.16 bits per heavy atom. The summed E-state index contributed by atoms with van der Waals surface area (Å²) in [5.41, 5.74) is 1.90. The normalized spacial score (nSPS) is 14.8. The van der Waals surface area contributed by atoms with Gasteiger partial charge in [-0.1, -0.05) is 38.0 Å². The second-order valence-electron chi connectivity index (χ2n) is 8.22. The van der Waals surface area contributed by atoms with E-state index in [4.69, 9.17) is 4.74 Å². The van der Waals surface area contributed by atoms with Crippen molar-refractivity contribution in [2.24, 2.45) is 0 Å². The van der Waals surface area contributed by atoms with Gasteiger partial charge in [-0.25, -0.2) is 4.39 Å². The standard InChI is InChI=1S/C25H30BrFN2O3/c1-3-18-10-13-23(22(26)14-18)32-16-24(30)29(15-19-8-11-20(27)12-9-19)17(2)25(31)28-21-6-4-5-7-21/h8-14,17,21H,3-7,15-16H2,1-2H3,(H,28,31)/t17-/m1/s1. The number of carbonyl (C=O) groups excluding carboxylic acids is 2. The topological polar surface area (TPSA) is 58.6 Å². The Morgan fingerprint density at radius 2 is 1.81 bits per heavy atom. The quantitative estimate of drug-likeness (QED) is 0.522. The minimum Gasteiger partial charge on any atom is -0.483 e. The van der Waals surface area contributed by atoms with Gasteiger partial charge in [0.15, 0.2) is 6.61 Å². The molecule has 7 heteroatoms. The lowest BCUT2D eigenvalue weighted by atomic mass is 10.1. The molecule has 172 valence electrons. The molecule has 3 rings (SSSR count). The summed E-state index contributed by atoms with van der Waals surface area (Å²) < 4.78 is 19.9. The Morgan fingerprint density at radius 3 is 2.44 bits per heavy atom. The van der Waals surface area contributed by atoms with Gasteiger partial charge in [-0.3, -0.25) is 9.59 Å². The highest BCUT2D eigenvalue weighted by molar-refractivity contribution is 9.10. The molecule has 5 nitrogen and oxygen atoms in total. The maximum absolute atomic E-state index is 13.3. The molecular weight excluding hydrogens is 475 g/mol. The number of ether oxygens (including phenoxy) is 1. The average molecular weight is 505 g/mol. The molecule has 2 aromatic carbocycles. The zero-order valence-corrected chi connectivity index (χ0v) is 20.2. The third-order valence-electron chi connectivity index (χ3n) is 5.89. The van der Waals surface area contributed by atoms with Crippen LogP contribution in [-0.4, -0.2) is 35.4 Å². The maximum atomic E-state index is 13.3. The molecule has 32 heavy (non-hydrogen) atoms. The fourth-order valence-electron chi connectivity index (χ4n) is 3.86. The zero-order chi connectivity index (χ0) is 23.1. The molecule has 0 bridgehead atoms. The summed E-state index contributed by atoms with van der Waals surface area (Å²) in [4.78, 5) is 27.5. The lowest BCUT2D eigenvalue weighted by molar-refractivity contribution is -0.142. The van der Waals surface area contributed by atoms with Crippen LogP contribution in [0.4, 0.5) is 4.39 Å². The molecule has 2 aromatic rings. The summed E-state index contributed by atoms with van der Waals surface area (Å²) >= 11 is 3.49. The molecule has 0 spiro atoms. The molecule has 0 radical (unpaired) electrons. The van der Waals surface area contributed by atoms with Crippen LogP contribution in [0.5, 0.6) is 5.75 Å². The maximum Gasteiger partial charge on any atom is 0.261 e. The number of halogens is 2. The van der Waals surface area contributed by atoms with E-state index in [1.54, 1.807) is 19.1 Å². The summed E-state index contributed by atoms with van der Waals surface area (Å²) in [6, 6.07) is 11.2. The lowest BCUT2D eigenvalue weighted by Crippen LogP contribution is -2.50. The largest absolute Gasteiger partial charge is 0.483 e. The summed E-state index contributed by atoms with van der Waals surface area (Å²) in [5.74, 6) is -0.265. The monoisotopic (exact) mass is 504 g/mol. The number of amides is 2. The van der Waals surface area contributed by atoms with Gasteiger partial charge in [0.1, 0.15) is 17.6 Å². The Balaban J connectivity index is 1.71. The number of rotatable bonds is 9. The van der Waals surface area contributed by atoms with E-state index in [1.165, 1.54) is 17.0 Å². The van der Waals surface area contributed by atoms with Crippen LogP contribution in [0.25, 0.3) is 0 Å². The third-order valence-corrected chi connectivity index (χ3v) is 6.51. The highest BCUT2D eigenvalue weighted by Crippen LogP contribution is 2.26. The molecule has 1 fully saturated rings. The molecule has 1 aliphatic carbocycles. The van der Waals surface area contributed by atoms with Gasteiger partial charge in [0, 0.05) is 12.6 Å². The SMILES string of the molecule is CCc1ccc(OCC(=O)N(Cc2ccc(F)cc2)[C@H](C)C(=O)NC2CCCC2)c(Br)c1. The molecule has 0 aliphatic heterocycles. The Kier molecular flexibility index (Phi) is 8.67. The zero-order valence-electron chi connectivity index (χ0n) is 18.6. The van der Waals surface area contributed by atoms with Crippen molar-refractivity contribution in [2.75, 3.05) is 6.61 Å². The van der Waals surface area contributed by atoms with Crippen LogP contribution >= 0.6 is 15.9 Å². The van der Waals surface area contributed by atoms with E-state index in [2.05, 4.69) is 28.2 Å². The molecule has 1 saturated carbocycles. The number of benzene rings is 2. The van der Waals surface area contributed by atoms with E-state index in [9.17, 15) is 14.0 Å². The second-order valence-corrected chi connectivity index (χ2v) is 9.08. The number of aryl methyl sites for hydroxylation is 1. The predicted molar refractivity (Wildman–Crippen MR) is 126 cm³/mol. The molecule has 0 saturated heterocycles. The van der Waals surface area contributed by atoms with Gasteiger partial charge in [-0.05, 0) is 77.5 Å². The van der Waals surface area contributed by atoms with Crippen molar-refractivity contribution in [3.05, 3.63) is 63.9 Å². The molecule has 1 atom stereocenters. The first kappa shape index (κ1) is 24.2. The van der Waals surface area contributed by atoms with Crippen molar-refractivity contribution in [2.45, 2.75) is 64.6 Å². The van der Waals surface area contributed by atoms with Crippen LogP contribution < -0.4 is 10.1 Å². The van der Waals surface area contributed by atoms with Crippen LogP contribution in [0.3, 0.4) is 0 Å². The smallest absolute Gasteiger partial charge is 0.261 e. The minimum atomic E-state index is -0.678. The molecule has 0 heterocycles. The highest BCUT2D eigenvalue weighted by Gasteiger charge is 2.28. The molecule has 0 unspecified atom stereocenters. The summed E-state index contributed by atoms with van der Waals surface area (Å²) in [6.45, 7) is 3.78. The van der Waals surface area contributed by atoms with Crippen LogP contribution in [0, 0.1) is 5.82 Å². The minimum absolute atomic E-state index is 0.164. The van der Waals surface area contributed by atoms with Gasteiger partial charge < -0.3 is 15.0 Å². The van der Waals surface area contributed by atoms with Crippen LogP contribution in [0.1, 0.15) is 50.7 Å². The van der Waals surface area contributed by atoms with Crippen LogP contribution in [0.2, 0.25) is 0 Å². The Hall–Kier alpha value is -2.41. The molecule has 2 amide bonds. The van der Waals surface area contributed by atoms with E-state index in [0.29, 0.717) is 5.75 Å². The highest BCUT2D eigenvalue weighted by atomic mass is 79.9. The predicted octanol–water partition coefficient (Wildman–Crippen LogP) is 5.01. The molecule has 1 N–H and O–H groups in total. The fraction of sp³-hybridized carbons (Fsp3) is 0.440. The second kappa shape index (κ2) is 11.5. The van der Waals surface area contributed by atoms with Crippen LogP contribution in [0.15, 0.2) is 46.9 Å². The van der Waals surface area contributed by atoms with Gasteiger partial charge in [0.25, 0.3) is 5.91 Å². The lowest BCUT2D eigenvalue weighted by Gasteiger charge is -2.29. The van der Waals surface area contributed by atoms with E-state index in [0.717, 1.165) is 47.7 Å². The summed E-state index contributed by atoms with van der Waals surface area (Å²) in [5, 5.41) is 3.06. The molecular formula is C25H30BrFN2O3. The van der Waals surface area contributed by atoms with E-state index < -0.39 is 6.04 Å². The third kappa shape index (κ3) is 6.55. The van der Waals surface area contributed by atoms with Gasteiger partial charge in [-0.2, -0.15) is 0 Å². The van der Waals surface area contributed by atoms with Crippen molar-refractivity contribution in [3.63, 3.8) is 0 Å². The molecule has 1 aliphatic rings. The number of nitrogens with one attached hydrogen (secondary N) is 1. The van der Waals surface area contributed by atoms with Gasteiger partial charge >= 0.3 is 0 Å². The number of carbonyl (C=O) groups is 2. The first-order chi connectivity index (χ1) is 15.4. The first-order valence-electron chi connectivity index (χ1n) is 11.1. The fourth-order valence-corrected chi connectivity index (χ4v) is 4.41.